The minimum Gasteiger partial charge on any atom is -0.361 e. The Kier molecular flexibility index (Phi) is 4.38. The van der Waals surface area contributed by atoms with E-state index in [-0.39, 0.29) is 0 Å². The first-order chi connectivity index (χ1) is 14.7. The fourth-order valence-corrected chi connectivity index (χ4v) is 3.84. The van der Waals surface area contributed by atoms with Crippen LogP contribution < -0.4 is 0 Å². The van der Waals surface area contributed by atoms with Crippen LogP contribution in [0.5, 0.6) is 0 Å². The van der Waals surface area contributed by atoms with Crippen molar-refractivity contribution in [2.45, 2.75) is 6.92 Å². The topological polar surface area (TPSA) is 52.5 Å². The van der Waals surface area contributed by atoms with Gasteiger partial charge in [-0.3, -0.25) is 0 Å². The Balaban J connectivity index is 1.84. The van der Waals surface area contributed by atoms with Crippen LogP contribution in [0.15, 0.2) is 91.1 Å². The second-order valence-electron chi connectivity index (χ2n) is 7.37. The van der Waals surface area contributed by atoms with E-state index in [0.29, 0.717) is 11.3 Å². The van der Waals surface area contributed by atoms with Crippen molar-refractivity contribution in [1.29, 1.82) is 5.26 Å². The molecule has 0 aliphatic carbocycles. The molecule has 0 saturated heterocycles. The third kappa shape index (κ3) is 3.05. The molecule has 0 fully saturated rings. The number of aromatic amines is 1. The molecule has 142 valence electrons. The number of nitrogens with zero attached hydrogens (tertiary/aromatic N) is 2. The van der Waals surface area contributed by atoms with Crippen LogP contribution in [0, 0.1) is 18.3 Å². The van der Waals surface area contributed by atoms with Crippen molar-refractivity contribution < 1.29 is 0 Å². The van der Waals surface area contributed by atoms with Gasteiger partial charge >= 0.3 is 0 Å². The lowest BCUT2D eigenvalue weighted by molar-refractivity contribution is 1.30. The maximum absolute atomic E-state index is 10.1. The van der Waals surface area contributed by atoms with Crippen LogP contribution >= 0.6 is 0 Å². The van der Waals surface area contributed by atoms with Crippen molar-refractivity contribution in [1.82, 2.24) is 9.97 Å². The zero-order chi connectivity index (χ0) is 20.5. The Hall–Kier alpha value is -4.16. The van der Waals surface area contributed by atoms with Gasteiger partial charge in [0.2, 0.25) is 0 Å². The molecule has 3 aromatic carbocycles. The molecule has 0 saturated carbocycles. The molecule has 1 N–H and O–H groups in total. The first kappa shape index (κ1) is 17.9. The van der Waals surface area contributed by atoms with Gasteiger partial charge in [0.25, 0.3) is 0 Å². The maximum atomic E-state index is 10.1. The molecule has 2 heterocycles. The van der Waals surface area contributed by atoms with Gasteiger partial charge in [-0.1, -0.05) is 78.4 Å². The number of fused-ring (bicyclic) bond motifs is 1. The molecule has 3 nitrogen and oxygen atoms in total. The second kappa shape index (κ2) is 7.35. The van der Waals surface area contributed by atoms with Gasteiger partial charge in [0.1, 0.15) is 6.07 Å². The summed E-state index contributed by atoms with van der Waals surface area (Å²) in [5.74, 6) is 0. The average molecular weight is 385 g/mol. The SMILES string of the molecule is Cc1ccc(-c2nc(-c3ccccc3)cc(-c3c[nH]c4ccccc34)c2C#N)cc1. The molecule has 0 aliphatic heterocycles. The number of aromatic nitrogens is 2. The normalized spacial score (nSPS) is 10.8. The number of para-hydroxylation sites is 1. The molecule has 0 spiro atoms. The van der Waals surface area contributed by atoms with Crippen molar-refractivity contribution >= 4 is 10.9 Å². The summed E-state index contributed by atoms with van der Waals surface area (Å²) >= 11 is 0. The van der Waals surface area contributed by atoms with E-state index in [9.17, 15) is 5.26 Å². The summed E-state index contributed by atoms with van der Waals surface area (Å²) in [6.45, 7) is 2.06. The Morgan fingerprint density at radius 1 is 0.800 bits per heavy atom. The highest BCUT2D eigenvalue weighted by Gasteiger charge is 2.18. The van der Waals surface area contributed by atoms with Crippen LogP contribution in [0.25, 0.3) is 44.5 Å². The van der Waals surface area contributed by atoms with E-state index in [1.165, 1.54) is 5.56 Å². The van der Waals surface area contributed by atoms with Gasteiger partial charge in [-0.05, 0) is 19.1 Å². The predicted octanol–water partition coefficient (Wildman–Crippen LogP) is 6.74. The van der Waals surface area contributed by atoms with E-state index < -0.39 is 0 Å². The van der Waals surface area contributed by atoms with Gasteiger partial charge in [-0.25, -0.2) is 4.98 Å². The first-order valence-electron chi connectivity index (χ1n) is 9.88. The van der Waals surface area contributed by atoms with Crippen LogP contribution in [-0.4, -0.2) is 9.97 Å². The van der Waals surface area contributed by atoms with Crippen molar-refractivity contribution in [3.05, 3.63) is 102 Å². The minimum absolute atomic E-state index is 0.586. The number of hydrogen-bond donors (Lipinski definition) is 1. The summed E-state index contributed by atoms with van der Waals surface area (Å²) in [6.07, 6.45) is 1.98. The smallest absolute Gasteiger partial charge is 0.102 e. The van der Waals surface area contributed by atoms with Gasteiger partial charge < -0.3 is 4.98 Å². The number of benzene rings is 3. The Bertz CT molecular complexity index is 1390. The predicted molar refractivity (Wildman–Crippen MR) is 122 cm³/mol. The van der Waals surface area contributed by atoms with E-state index in [1.807, 2.05) is 72.9 Å². The number of H-pyrrole nitrogens is 1. The van der Waals surface area contributed by atoms with Gasteiger partial charge in [0.15, 0.2) is 0 Å². The third-order valence-corrected chi connectivity index (χ3v) is 5.41. The molecular weight excluding hydrogens is 366 g/mol. The lowest BCUT2D eigenvalue weighted by Crippen LogP contribution is -1.97. The summed E-state index contributed by atoms with van der Waals surface area (Å²) in [5, 5.41) is 11.2. The van der Waals surface area contributed by atoms with Crippen LogP contribution in [0.1, 0.15) is 11.1 Å². The Morgan fingerprint density at radius 2 is 1.53 bits per heavy atom. The van der Waals surface area contributed by atoms with Crippen molar-refractivity contribution in [2.24, 2.45) is 0 Å². The number of nitrogens with one attached hydrogen (secondary N) is 1. The molecular formula is C27H19N3. The maximum Gasteiger partial charge on any atom is 0.102 e. The number of pyridine rings is 1. The van der Waals surface area contributed by atoms with E-state index in [1.54, 1.807) is 0 Å². The average Bonchev–Trinajstić information content (AvgIpc) is 3.23. The number of hydrogen-bond acceptors (Lipinski definition) is 2. The minimum atomic E-state index is 0.586. The van der Waals surface area contributed by atoms with E-state index in [0.717, 1.165) is 38.9 Å². The highest BCUT2D eigenvalue weighted by atomic mass is 14.7. The van der Waals surface area contributed by atoms with Crippen molar-refractivity contribution in [2.75, 3.05) is 0 Å². The summed E-state index contributed by atoms with van der Waals surface area (Å²) in [7, 11) is 0. The summed E-state index contributed by atoms with van der Waals surface area (Å²) in [5.41, 5.74) is 8.23. The lowest BCUT2D eigenvalue weighted by atomic mass is 9.94. The summed E-state index contributed by atoms with van der Waals surface area (Å²) in [6, 6.07) is 30.9. The fraction of sp³-hybridized carbons (Fsp3) is 0.0370. The number of nitriles is 1. The molecule has 0 unspecified atom stereocenters. The van der Waals surface area contributed by atoms with Crippen molar-refractivity contribution in [3.63, 3.8) is 0 Å². The second-order valence-corrected chi connectivity index (χ2v) is 7.37. The van der Waals surface area contributed by atoms with Crippen LogP contribution in [0.4, 0.5) is 0 Å². The number of aryl methyl sites for hydroxylation is 1. The molecule has 0 atom stereocenters. The zero-order valence-corrected chi connectivity index (χ0v) is 16.6. The quantitative estimate of drug-likeness (QED) is 0.374. The van der Waals surface area contributed by atoms with Crippen LogP contribution in [0.3, 0.4) is 0 Å². The molecule has 5 aromatic rings. The van der Waals surface area contributed by atoms with Crippen molar-refractivity contribution in [3.8, 4) is 39.7 Å². The highest BCUT2D eigenvalue weighted by Crippen LogP contribution is 2.37. The largest absolute Gasteiger partial charge is 0.361 e. The Labute approximate surface area is 175 Å². The van der Waals surface area contributed by atoms with Gasteiger partial charge in [0.05, 0.1) is 17.0 Å². The van der Waals surface area contributed by atoms with Gasteiger partial charge in [-0.2, -0.15) is 5.26 Å². The van der Waals surface area contributed by atoms with Gasteiger partial charge in [-0.15, -0.1) is 0 Å². The van der Waals surface area contributed by atoms with Gasteiger partial charge in [0, 0.05) is 39.4 Å². The standard InChI is InChI=1S/C27H19N3/c1-18-11-13-20(14-12-18)27-23(16-28)22(15-26(30-27)19-7-3-2-4-8-19)24-17-29-25-10-6-5-9-21(24)25/h2-15,17,29H,1H3. The molecule has 30 heavy (non-hydrogen) atoms. The lowest BCUT2D eigenvalue weighted by Gasteiger charge is -2.13. The molecule has 0 amide bonds. The van der Waals surface area contributed by atoms with E-state index in [2.05, 4.69) is 36.2 Å². The fourth-order valence-electron chi connectivity index (χ4n) is 3.84. The Morgan fingerprint density at radius 3 is 2.30 bits per heavy atom. The van der Waals surface area contributed by atoms with E-state index in [4.69, 9.17) is 4.98 Å². The number of rotatable bonds is 3. The molecule has 3 heteroatoms. The van der Waals surface area contributed by atoms with E-state index >= 15 is 0 Å². The molecule has 0 bridgehead atoms. The highest BCUT2D eigenvalue weighted by molar-refractivity contribution is 5.98. The van der Waals surface area contributed by atoms with Crippen LogP contribution in [0.2, 0.25) is 0 Å². The first-order valence-corrected chi connectivity index (χ1v) is 9.88. The monoisotopic (exact) mass is 385 g/mol. The molecule has 5 rings (SSSR count). The molecule has 0 radical (unpaired) electrons. The summed E-state index contributed by atoms with van der Waals surface area (Å²) in [4.78, 5) is 8.27. The third-order valence-electron chi connectivity index (χ3n) is 5.41. The molecule has 0 aliphatic rings. The van der Waals surface area contributed by atoms with Crippen LogP contribution in [-0.2, 0) is 0 Å². The zero-order valence-electron chi connectivity index (χ0n) is 16.6. The molecule has 2 aromatic heterocycles. The summed E-state index contributed by atoms with van der Waals surface area (Å²) < 4.78 is 0.